The van der Waals surface area contributed by atoms with Crippen molar-refractivity contribution in [2.45, 2.75) is 51.0 Å². The average molecular weight is 256 g/mol. The van der Waals surface area contributed by atoms with Gasteiger partial charge in [-0.1, -0.05) is 24.6 Å². The molecule has 0 saturated heterocycles. The van der Waals surface area contributed by atoms with Crippen LogP contribution in [0.15, 0.2) is 35.9 Å². The Morgan fingerprint density at radius 3 is 2.89 bits per heavy atom. The Balaban J connectivity index is 1.76. The maximum absolute atomic E-state index is 12.5. The minimum atomic E-state index is 0.183. The van der Waals surface area contributed by atoms with E-state index in [-0.39, 0.29) is 5.78 Å². The Kier molecular flexibility index (Phi) is 3.67. The molecule has 1 aromatic rings. The molecule has 0 N–H and O–H groups in total. The first-order valence-corrected chi connectivity index (χ1v) is 7.33. The number of Topliss-reactive ketones (excluding diaryl/α,β-unsaturated/α-hetero) is 1. The van der Waals surface area contributed by atoms with Gasteiger partial charge >= 0.3 is 0 Å². The van der Waals surface area contributed by atoms with Crippen LogP contribution in [0.5, 0.6) is 5.75 Å². The molecule has 3 rings (SSSR count). The van der Waals surface area contributed by atoms with Crippen LogP contribution < -0.4 is 4.74 Å². The van der Waals surface area contributed by atoms with Crippen LogP contribution in [0.25, 0.3) is 0 Å². The highest BCUT2D eigenvalue weighted by atomic mass is 16.5. The molecule has 0 atom stereocenters. The topological polar surface area (TPSA) is 26.3 Å². The first-order valence-electron chi connectivity index (χ1n) is 7.33. The molecule has 0 bridgehead atoms. The van der Waals surface area contributed by atoms with Crippen molar-refractivity contribution in [3.05, 3.63) is 41.5 Å². The summed E-state index contributed by atoms with van der Waals surface area (Å²) in [5.74, 6) is 1.02. The summed E-state index contributed by atoms with van der Waals surface area (Å²) in [7, 11) is 0. The molecule has 0 aromatic heterocycles. The first-order chi connectivity index (χ1) is 9.33. The summed E-state index contributed by atoms with van der Waals surface area (Å²) in [6.07, 6.45) is 10.3. The number of allylic oxidation sites excluding steroid dienone is 2. The SMILES string of the molecule is O=C(C1=CCCCCC1)c1cccc(OC2CC2)c1. The number of carbonyl (C=O) groups excluding carboxylic acids is 1. The predicted molar refractivity (Wildman–Crippen MR) is 75.6 cm³/mol. The second-order valence-electron chi connectivity index (χ2n) is 5.50. The zero-order chi connectivity index (χ0) is 13.1. The largest absolute Gasteiger partial charge is 0.490 e. The number of ether oxygens (including phenoxy) is 1. The molecule has 100 valence electrons. The molecule has 1 fully saturated rings. The predicted octanol–water partition coefficient (Wildman–Crippen LogP) is 4.30. The first kappa shape index (κ1) is 12.5. The van der Waals surface area contributed by atoms with Crippen molar-refractivity contribution in [1.82, 2.24) is 0 Å². The summed E-state index contributed by atoms with van der Waals surface area (Å²) in [5, 5.41) is 0. The lowest BCUT2D eigenvalue weighted by Gasteiger charge is -2.08. The van der Waals surface area contributed by atoms with Gasteiger partial charge in [0.1, 0.15) is 5.75 Å². The minimum Gasteiger partial charge on any atom is -0.490 e. The third kappa shape index (κ3) is 3.25. The Morgan fingerprint density at radius 2 is 2.05 bits per heavy atom. The highest BCUT2D eigenvalue weighted by Crippen LogP contribution is 2.28. The zero-order valence-electron chi connectivity index (χ0n) is 11.2. The van der Waals surface area contributed by atoms with Gasteiger partial charge in [0.2, 0.25) is 0 Å². The lowest BCUT2D eigenvalue weighted by atomic mass is 9.99. The van der Waals surface area contributed by atoms with Crippen LogP contribution in [0.4, 0.5) is 0 Å². The molecule has 1 aromatic carbocycles. The monoisotopic (exact) mass is 256 g/mol. The maximum Gasteiger partial charge on any atom is 0.188 e. The second-order valence-corrected chi connectivity index (χ2v) is 5.50. The lowest BCUT2D eigenvalue weighted by molar-refractivity contribution is 0.103. The summed E-state index contributed by atoms with van der Waals surface area (Å²) in [6, 6.07) is 7.65. The summed E-state index contributed by atoms with van der Waals surface area (Å²) in [5.41, 5.74) is 1.76. The van der Waals surface area contributed by atoms with Crippen LogP contribution in [0, 0.1) is 0 Å². The summed E-state index contributed by atoms with van der Waals surface area (Å²) in [4.78, 5) is 12.5. The van der Waals surface area contributed by atoms with E-state index in [4.69, 9.17) is 4.74 Å². The van der Waals surface area contributed by atoms with Gasteiger partial charge < -0.3 is 4.74 Å². The smallest absolute Gasteiger partial charge is 0.188 e. The van der Waals surface area contributed by atoms with Crippen molar-refractivity contribution in [2.75, 3.05) is 0 Å². The second kappa shape index (κ2) is 5.60. The van der Waals surface area contributed by atoms with Gasteiger partial charge in [0.05, 0.1) is 6.10 Å². The number of carbonyl (C=O) groups is 1. The summed E-state index contributed by atoms with van der Waals surface area (Å²) < 4.78 is 5.76. The molecule has 2 aliphatic carbocycles. The van der Waals surface area contributed by atoms with Gasteiger partial charge in [-0.2, -0.15) is 0 Å². The van der Waals surface area contributed by atoms with E-state index in [2.05, 4.69) is 6.08 Å². The molecule has 0 unspecified atom stereocenters. The highest BCUT2D eigenvalue weighted by Gasteiger charge is 2.24. The fraction of sp³-hybridized carbons (Fsp3) is 0.471. The van der Waals surface area contributed by atoms with Crippen LogP contribution in [0.2, 0.25) is 0 Å². The van der Waals surface area contributed by atoms with E-state index in [1.165, 1.54) is 12.8 Å². The molecule has 0 amide bonds. The van der Waals surface area contributed by atoms with Gasteiger partial charge in [0.25, 0.3) is 0 Å². The van der Waals surface area contributed by atoms with Gasteiger partial charge in [-0.3, -0.25) is 4.79 Å². The van der Waals surface area contributed by atoms with E-state index in [1.807, 2.05) is 24.3 Å². The van der Waals surface area contributed by atoms with E-state index in [1.54, 1.807) is 0 Å². The fourth-order valence-electron chi connectivity index (χ4n) is 2.50. The number of benzene rings is 1. The number of hydrogen-bond acceptors (Lipinski definition) is 2. The van der Waals surface area contributed by atoms with Crippen molar-refractivity contribution in [2.24, 2.45) is 0 Å². The van der Waals surface area contributed by atoms with Crippen LogP contribution in [-0.2, 0) is 0 Å². The van der Waals surface area contributed by atoms with Crippen LogP contribution >= 0.6 is 0 Å². The van der Waals surface area contributed by atoms with Gasteiger partial charge in [0, 0.05) is 5.56 Å². The quantitative estimate of drug-likeness (QED) is 0.751. The van der Waals surface area contributed by atoms with E-state index in [0.29, 0.717) is 6.10 Å². The normalized spacial score (nSPS) is 19.5. The third-order valence-electron chi connectivity index (χ3n) is 3.76. The molecule has 0 heterocycles. The van der Waals surface area contributed by atoms with Gasteiger partial charge in [-0.15, -0.1) is 0 Å². The Hall–Kier alpha value is -1.57. The molecule has 2 aliphatic rings. The Morgan fingerprint density at radius 1 is 1.16 bits per heavy atom. The van der Waals surface area contributed by atoms with Gasteiger partial charge in [-0.05, 0) is 56.2 Å². The molecular weight excluding hydrogens is 236 g/mol. The number of ketones is 1. The van der Waals surface area contributed by atoms with Gasteiger partial charge in [0.15, 0.2) is 5.78 Å². The van der Waals surface area contributed by atoms with Crippen molar-refractivity contribution in [3.63, 3.8) is 0 Å². The molecule has 19 heavy (non-hydrogen) atoms. The van der Waals surface area contributed by atoms with E-state index in [0.717, 1.165) is 49.0 Å². The van der Waals surface area contributed by atoms with Gasteiger partial charge in [-0.25, -0.2) is 0 Å². The zero-order valence-corrected chi connectivity index (χ0v) is 11.2. The maximum atomic E-state index is 12.5. The molecule has 2 heteroatoms. The number of rotatable bonds is 4. The van der Waals surface area contributed by atoms with Crippen molar-refractivity contribution >= 4 is 5.78 Å². The molecule has 0 radical (unpaired) electrons. The van der Waals surface area contributed by atoms with E-state index in [9.17, 15) is 4.79 Å². The Labute approximate surface area is 114 Å². The fourth-order valence-corrected chi connectivity index (χ4v) is 2.50. The highest BCUT2D eigenvalue weighted by molar-refractivity contribution is 6.08. The Bertz CT molecular complexity index is 498. The van der Waals surface area contributed by atoms with E-state index >= 15 is 0 Å². The molecule has 0 spiro atoms. The lowest BCUT2D eigenvalue weighted by Crippen LogP contribution is -2.04. The van der Waals surface area contributed by atoms with Crippen LogP contribution in [0.3, 0.4) is 0 Å². The van der Waals surface area contributed by atoms with Crippen LogP contribution in [0.1, 0.15) is 55.3 Å². The molecule has 2 nitrogen and oxygen atoms in total. The molecule has 1 saturated carbocycles. The van der Waals surface area contributed by atoms with Crippen molar-refractivity contribution in [1.29, 1.82) is 0 Å². The molecule has 0 aliphatic heterocycles. The van der Waals surface area contributed by atoms with Crippen molar-refractivity contribution in [3.8, 4) is 5.75 Å². The average Bonchev–Trinajstić information content (AvgIpc) is 3.24. The minimum absolute atomic E-state index is 0.183. The molecular formula is C17H20O2. The standard InChI is InChI=1S/C17H20O2/c18-17(13-6-3-1-2-4-7-13)14-8-5-9-16(12-14)19-15-10-11-15/h5-6,8-9,12,15H,1-4,7,10-11H2. The number of hydrogen-bond donors (Lipinski definition) is 0. The van der Waals surface area contributed by atoms with Crippen molar-refractivity contribution < 1.29 is 9.53 Å². The van der Waals surface area contributed by atoms with E-state index < -0.39 is 0 Å². The van der Waals surface area contributed by atoms with Crippen LogP contribution in [-0.4, -0.2) is 11.9 Å². The summed E-state index contributed by atoms with van der Waals surface area (Å²) in [6.45, 7) is 0. The summed E-state index contributed by atoms with van der Waals surface area (Å²) >= 11 is 0. The third-order valence-corrected chi connectivity index (χ3v) is 3.76.